The number of hydrogen-bond donors (Lipinski definition) is 1. The van der Waals surface area contributed by atoms with Gasteiger partial charge in [0.05, 0.1) is 11.4 Å². The van der Waals surface area contributed by atoms with Gasteiger partial charge in [-0.2, -0.15) is 5.10 Å². The van der Waals surface area contributed by atoms with Gasteiger partial charge in [0, 0.05) is 18.0 Å². The fraction of sp³-hybridized carbons (Fsp3) is 0.316. The molecule has 2 aromatic heterocycles. The Labute approximate surface area is 151 Å². The van der Waals surface area contributed by atoms with E-state index < -0.39 is 0 Å². The summed E-state index contributed by atoms with van der Waals surface area (Å²) < 4.78 is 1.58. The van der Waals surface area contributed by atoms with Crippen molar-refractivity contribution in [2.75, 3.05) is 5.32 Å². The highest BCUT2D eigenvalue weighted by Gasteiger charge is 2.14. The van der Waals surface area contributed by atoms with Crippen LogP contribution in [0.1, 0.15) is 41.5 Å². The molecule has 1 aromatic carbocycles. The van der Waals surface area contributed by atoms with Crippen molar-refractivity contribution in [1.29, 1.82) is 0 Å². The number of aryl methyl sites for hydroxylation is 3. The van der Waals surface area contributed by atoms with E-state index in [0.717, 1.165) is 23.4 Å². The Bertz CT molecular complexity index is 864. The molecule has 1 amide bonds. The number of anilines is 1. The molecule has 0 saturated carbocycles. The fourth-order valence-corrected chi connectivity index (χ4v) is 3.39. The second-order valence-electron chi connectivity index (χ2n) is 6.09. The number of rotatable bonds is 6. The van der Waals surface area contributed by atoms with Crippen molar-refractivity contribution in [1.82, 2.24) is 14.8 Å². The normalized spacial score (nSPS) is 10.8. The Balaban J connectivity index is 1.69. The van der Waals surface area contributed by atoms with Crippen LogP contribution in [0, 0.1) is 6.92 Å². The summed E-state index contributed by atoms with van der Waals surface area (Å²) in [5, 5.41) is 9.60. The average molecular weight is 354 g/mol. The van der Waals surface area contributed by atoms with Gasteiger partial charge in [0.25, 0.3) is 5.91 Å². The Morgan fingerprint density at radius 3 is 2.68 bits per heavy atom. The van der Waals surface area contributed by atoms with Gasteiger partial charge in [0.1, 0.15) is 5.69 Å². The van der Waals surface area contributed by atoms with Crippen LogP contribution in [-0.4, -0.2) is 20.7 Å². The van der Waals surface area contributed by atoms with Crippen LogP contribution < -0.4 is 5.32 Å². The molecule has 0 aliphatic heterocycles. The van der Waals surface area contributed by atoms with Gasteiger partial charge in [0.15, 0.2) is 5.13 Å². The highest BCUT2D eigenvalue weighted by molar-refractivity contribution is 7.14. The van der Waals surface area contributed by atoms with Gasteiger partial charge in [-0.1, -0.05) is 37.6 Å². The van der Waals surface area contributed by atoms with Gasteiger partial charge in [-0.3, -0.25) is 14.8 Å². The molecule has 0 atom stereocenters. The van der Waals surface area contributed by atoms with Crippen LogP contribution in [0.2, 0.25) is 0 Å². The summed E-state index contributed by atoms with van der Waals surface area (Å²) in [6.07, 6.45) is 3.52. The molecule has 25 heavy (non-hydrogen) atoms. The number of carbonyl (C=O) groups is 1. The molecule has 3 aromatic rings. The topological polar surface area (TPSA) is 59.8 Å². The minimum Gasteiger partial charge on any atom is -0.296 e. The predicted molar refractivity (Wildman–Crippen MR) is 102 cm³/mol. The number of benzene rings is 1. The Morgan fingerprint density at radius 1 is 1.28 bits per heavy atom. The molecule has 0 unspecified atom stereocenters. The first-order chi connectivity index (χ1) is 12.1. The van der Waals surface area contributed by atoms with Gasteiger partial charge >= 0.3 is 0 Å². The van der Waals surface area contributed by atoms with E-state index in [0.29, 0.717) is 10.8 Å². The lowest BCUT2D eigenvalue weighted by Gasteiger charge is -2.02. The van der Waals surface area contributed by atoms with E-state index in [9.17, 15) is 4.79 Å². The molecule has 0 fully saturated rings. The number of amides is 1. The molecule has 6 heteroatoms. The maximum Gasteiger partial charge on any atom is 0.275 e. The summed E-state index contributed by atoms with van der Waals surface area (Å²) in [4.78, 5) is 16.9. The molecule has 0 bridgehead atoms. The first-order valence-corrected chi connectivity index (χ1v) is 9.31. The zero-order valence-electron chi connectivity index (χ0n) is 14.7. The van der Waals surface area contributed by atoms with Crippen molar-refractivity contribution in [2.24, 2.45) is 7.05 Å². The number of aromatic nitrogens is 3. The summed E-state index contributed by atoms with van der Waals surface area (Å²) in [7, 11) is 1.76. The van der Waals surface area contributed by atoms with Crippen molar-refractivity contribution >= 4 is 22.4 Å². The molecule has 1 N–H and O–H groups in total. The molecule has 130 valence electrons. The SMILES string of the molecule is CCCCc1ccc(-c2csc(NC(=O)c3cc(C)nn3C)n2)cc1. The Morgan fingerprint density at radius 2 is 2.04 bits per heavy atom. The number of nitrogens with one attached hydrogen (secondary N) is 1. The summed E-state index contributed by atoms with van der Waals surface area (Å²) in [5.41, 5.74) is 4.63. The third-order valence-electron chi connectivity index (χ3n) is 4.03. The number of hydrogen-bond acceptors (Lipinski definition) is 4. The van der Waals surface area contributed by atoms with Crippen molar-refractivity contribution in [3.05, 3.63) is 52.7 Å². The molecular formula is C19H22N4OS. The van der Waals surface area contributed by atoms with Gasteiger partial charge in [0.2, 0.25) is 0 Å². The predicted octanol–water partition coefficient (Wildman–Crippen LogP) is 4.45. The largest absolute Gasteiger partial charge is 0.296 e. The van der Waals surface area contributed by atoms with Crippen LogP contribution >= 0.6 is 11.3 Å². The summed E-state index contributed by atoms with van der Waals surface area (Å²) >= 11 is 1.43. The number of thiazole rings is 1. The van der Waals surface area contributed by atoms with Crippen LogP contribution in [0.25, 0.3) is 11.3 Å². The van der Waals surface area contributed by atoms with Gasteiger partial charge in [-0.15, -0.1) is 11.3 Å². The minimum atomic E-state index is -0.195. The van der Waals surface area contributed by atoms with Crippen LogP contribution in [0.3, 0.4) is 0 Å². The Kier molecular flexibility index (Phi) is 5.28. The zero-order chi connectivity index (χ0) is 17.8. The quantitative estimate of drug-likeness (QED) is 0.711. The lowest BCUT2D eigenvalue weighted by Crippen LogP contribution is -2.15. The molecule has 0 spiro atoms. The average Bonchev–Trinajstić information content (AvgIpc) is 3.19. The highest BCUT2D eigenvalue weighted by atomic mass is 32.1. The molecule has 2 heterocycles. The molecule has 3 rings (SSSR count). The van der Waals surface area contributed by atoms with Crippen LogP contribution in [0.15, 0.2) is 35.7 Å². The standard InChI is InChI=1S/C19H22N4OS/c1-4-5-6-14-7-9-15(10-8-14)16-12-25-19(20-16)21-18(24)17-11-13(2)22-23(17)3/h7-12H,4-6H2,1-3H3,(H,20,21,24). The van der Waals surface area contributed by atoms with Crippen molar-refractivity contribution in [3.8, 4) is 11.3 Å². The third kappa shape index (κ3) is 4.14. The third-order valence-corrected chi connectivity index (χ3v) is 4.79. The maximum atomic E-state index is 12.3. The van der Waals surface area contributed by atoms with Crippen LogP contribution in [0.4, 0.5) is 5.13 Å². The zero-order valence-corrected chi connectivity index (χ0v) is 15.6. The number of nitrogens with zero attached hydrogens (tertiary/aromatic N) is 3. The highest BCUT2D eigenvalue weighted by Crippen LogP contribution is 2.25. The minimum absolute atomic E-state index is 0.195. The van der Waals surface area contributed by atoms with Crippen LogP contribution in [-0.2, 0) is 13.5 Å². The van der Waals surface area contributed by atoms with Gasteiger partial charge in [-0.05, 0) is 31.4 Å². The number of carbonyl (C=O) groups excluding carboxylic acids is 1. The molecule has 0 radical (unpaired) electrons. The lowest BCUT2D eigenvalue weighted by atomic mass is 10.1. The van der Waals surface area contributed by atoms with Crippen molar-refractivity contribution < 1.29 is 4.79 Å². The number of unbranched alkanes of at least 4 members (excludes halogenated alkanes) is 1. The van der Waals surface area contributed by atoms with E-state index in [4.69, 9.17) is 0 Å². The van der Waals surface area contributed by atoms with E-state index in [1.807, 2.05) is 12.3 Å². The van der Waals surface area contributed by atoms with Crippen molar-refractivity contribution in [3.63, 3.8) is 0 Å². The molecule has 0 saturated heterocycles. The first kappa shape index (κ1) is 17.4. The van der Waals surface area contributed by atoms with E-state index in [1.165, 1.54) is 29.7 Å². The van der Waals surface area contributed by atoms with Crippen LogP contribution in [0.5, 0.6) is 0 Å². The molecular weight excluding hydrogens is 332 g/mol. The lowest BCUT2D eigenvalue weighted by molar-refractivity contribution is 0.101. The fourth-order valence-electron chi connectivity index (χ4n) is 2.67. The molecule has 0 aliphatic carbocycles. The smallest absolute Gasteiger partial charge is 0.275 e. The van der Waals surface area contributed by atoms with Gasteiger partial charge in [-0.25, -0.2) is 4.98 Å². The van der Waals surface area contributed by atoms with E-state index in [-0.39, 0.29) is 5.91 Å². The molecule has 0 aliphatic rings. The summed E-state index contributed by atoms with van der Waals surface area (Å²) in [6.45, 7) is 4.06. The van der Waals surface area contributed by atoms with E-state index >= 15 is 0 Å². The summed E-state index contributed by atoms with van der Waals surface area (Å²) in [6, 6.07) is 10.3. The second-order valence-corrected chi connectivity index (χ2v) is 6.95. The molecule has 5 nitrogen and oxygen atoms in total. The van der Waals surface area contributed by atoms with E-state index in [1.54, 1.807) is 17.8 Å². The summed E-state index contributed by atoms with van der Waals surface area (Å²) in [5.74, 6) is -0.195. The maximum absolute atomic E-state index is 12.3. The van der Waals surface area contributed by atoms with Gasteiger partial charge < -0.3 is 0 Å². The second kappa shape index (κ2) is 7.61. The van der Waals surface area contributed by atoms with E-state index in [2.05, 4.69) is 46.6 Å². The Hall–Kier alpha value is -2.47. The van der Waals surface area contributed by atoms with Crippen molar-refractivity contribution in [2.45, 2.75) is 33.1 Å². The first-order valence-electron chi connectivity index (χ1n) is 8.43. The monoisotopic (exact) mass is 354 g/mol.